The second-order valence-electron chi connectivity index (χ2n) is 3.66. The minimum absolute atomic E-state index is 0.0462. The van der Waals surface area contributed by atoms with E-state index in [2.05, 4.69) is 23.3 Å². The molecule has 0 unspecified atom stereocenters. The smallest absolute Gasteiger partial charge is 0.229 e. The Morgan fingerprint density at radius 3 is 1.94 bits per heavy atom. The second-order valence-corrected chi connectivity index (χ2v) is 3.98. The van der Waals surface area contributed by atoms with Crippen molar-refractivity contribution in [1.29, 1.82) is 0 Å². The first-order valence-corrected chi connectivity index (χ1v) is 5.95. The van der Waals surface area contributed by atoms with E-state index in [0.29, 0.717) is 13.1 Å². The average molecular weight is 252 g/mol. The maximum absolute atomic E-state index is 11.0. The summed E-state index contributed by atoms with van der Waals surface area (Å²) < 4.78 is 0. The summed E-state index contributed by atoms with van der Waals surface area (Å²) in [6, 6.07) is 7.71. The normalized spacial score (nSPS) is 9.76. The highest BCUT2D eigenvalue weighted by molar-refractivity contribution is 7.81. The number of carbonyl (C=O) groups excluding carboxylic acids is 2. The van der Waals surface area contributed by atoms with Gasteiger partial charge in [-0.05, 0) is 11.1 Å². The molecule has 92 valence electrons. The molecular formula is C12H16N2O2S. The van der Waals surface area contributed by atoms with Crippen molar-refractivity contribution < 1.29 is 9.59 Å². The first-order valence-electron chi connectivity index (χ1n) is 5.31. The van der Waals surface area contributed by atoms with Crippen LogP contribution >= 0.6 is 12.6 Å². The van der Waals surface area contributed by atoms with E-state index in [0.717, 1.165) is 11.1 Å². The predicted molar refractivity (Wildman–Crippen MR) is 69.7 cm³/mol. The van der Waals surface area contributed by atoms with E-state index in [1.54, 1.807) is 0 Å². The van der Waals surface area contributed by atoms with E-state index in [1.807, 2.05) is 24.3 Å². The van der Waals surface area contributed by atoms with Crippen molar-refractivity contribution in [3.05, 3.63) is 35.4 Å². The van der Waals surface area contributed by atoms with E-state index in [4.69, 9.17) is 0 Å². The van der Waals surface area contributed by atoms with Crippen LogP contribution in [0.1, 0.15) is 18.1 Å². The third-order valence-electron chi connectivity index (χ3n) is 2.20. The number of hydrogen-bond acceptors (Lipinski definition) is 3. The fourth-order valence-electron chi connectivity index (χ4n) is 1.26. The summed E-state index contributed by atoms with van der Waals surface area (Å²) in [5, 5.41) is 5.46. The standard InChI is InChI=1S/C12H16N2O2S/c1-9(15)13-6-10-2-4-11(5-3-10)7-14-12(16)8-17/h2-5,17H,6-8H2,1H3,(H,13,15)(H,14,16). The largest absolute Gasteiger partial charge is 0.352 e. The van der Waals surface area contributed by atoms with Crippen molar-refractivity contribution in [2.45, 2.75) is 20.0 Å². The van der Waals surface area contributed by atoms with Gasteiger partial charge >= 0.3 is 0 Å². The maximum Gasteiger partial charge on any atom is 0.229 e. The predicted octanol–water partition coefficient (Wildman–Crippen LogP) is 0.869. The number of benzene rings is 1. The van der Waals surface area contributed by atoms with Crippen LogP contribution in [0.3, 0.4) is 0 Å². The van der Waals surface area contributed by atoms with Crippen LogP contribution in [0, 0.1) is 0 Å². The first-order chi connectivity index (χ1) is 8.11. The molecule has 1 rings (SSSR count). The highest BCUT2D eigenvalue weighted by Crippen LogP contribution is 2.04. The lowest BCUT2D eigenvalue weighted by atomic mass is 10.1. The summed E-state index contributed by atoms with van der Waals surface area (Å²) in [6.07, 6.45) is 0. The molecule has 0 aliphatic rings. The molecule has 17 heavy (non-hydrogen) atoms. The molecule has 0 bridgehead atoms. The Kier molecular flexibility index (Phi) is 5.56. The monoisotopic (exact) mass is 252 g/mol. The Morgan fingerprint density at radius 1 is 1.06 bits per heavy atom. The van der Waals surface area contributed by atoms with Gasteiger partial charge in [-0.15, -0.1) is 0 Å². The summed E-state index contributed by atoms with van der Waals surface area (Å²) >= 11 is 3.87. The van der Waals surface area contributed by atoms with E-state index in [-0.39, 0.29) is 17.6 Å². The van der Waals surface area contributed by atoms with Crippen molar-refractivity contribution in [3.63, 3.8) is 0 Å². The Labute approximate surface area is 106 Å². The van der Waals surface area contributed by atoms with Gasteiger partial charge in [0.25, 0.3) is 0 Å². The van der Waals surface area contributed by atoms with Gasteiger partial charge in [0.1, 0.15) is 0 Å². The Morgan fingerprint density at radius 2 is 1.53 bits per heavy atom. The molecule has 2 N–H and O–H groups in total. The van der Waals surface area contributed by atoms with Gasteiger partial charge in [0, 0.05) is 20.0 Å². The van der Waals surface area contributed by atoms with Gasteiger partial charge in [-0.2, -0.15) is 12.6 Å². The molecule has 0 heterocycles. The SMILES string of the molecule is CC(=O)NCc1ccc(CNC(=O)CS)cc1. The lowest BCUT2D eigenvalue weighted by Gasteiger charge is -2.06. The van der Waals surface area contributed by atoms with Gasteiger partial charge in [0.15, 0.2) is 0 Å². The fraction of sp³-hybridized carbons (Fsp3) is 0.333. The molecule has 0 spiro atoms. The first kappa shape index (κ1) is 13.6. The second kappa shape index (κ2) is 6.96. The van der Waals surface area contributed by atoms with E-state index in [1.165, 1.54) is 6.92 Å². The highest BCUT2D eigenvalue weighted by Gasteiger charge is 1.99. The third kappa shape index (κ3) is 5.40. The van der Waals surface area contributed by atoms with Crippen molar-refractivity contribution >= 4 is 24.4 Å². The van der Waals surface area contributed by atoms with Crippen LogP contribution in [0.5, 0.6) is 0 Å². The maximum atomic E-state index is 11.0. The van der Waals surface area contributed by atoms with Gasteiger partial charge in [0.2, 0.25) is 11.8 Å². The van der Waals surface area contributed by atoms with Crippen LogP contribution < -0.4 is 10.6 Å². The lowest BCUT2D eigenvalue weighted by molar-refractivity contribution is -0.119. The van der Waals surface area contributed by atoms with Crippen LogP contribution in [0.2, 0.25) is 0 Å². The number of rotatable bonds is 5. The summed E-state index contributed by atoms with van der Waals surface area (Å²) in [5.74, 6) is 0.0615. The van der Waals surface area contributed by atoms with E-state index >= 15 is 0 Å². The zero-order valence-corrected chi connectivity index (χ0v) is 10.6. The molecule has 0 fully saturated rings. The molecule has 1 aromatic rings. The van der Waals surface area contributed by atoms with Crippen LogP contribution in [-0.4, -0.2) is 17.6 Å². The van der Waals surface area contributed by atoms with Crippen molar-refractivity contribution in [2.24, 2.45) is 0 Å². The highest BCUT2D eigenvalue weighted by atomic mass is 32.1. The molecule has 0 aliphatic carbocycles. The van der Waals surface area contributed by atoms with Gasteiger partial charge in [-0.25, -0.2) is 0 Å². The Hall–Kier alpha value is -1.49. The Balaban J connectivity index is 2.44. The van der Waals surface area contributed by atoms with Crippen LogP contribution in [0.25, 0.3) is 0 Å². The van der Waals surface area contributed by atoms with Crippen LogP contribution in [-0.2, 0) is 22.7 Å². The number of thiol groups is 1. The van der Waals surface area contributed by atoms with Crippen molar-refractivity contribution in [1.82, 2.24) is 10.6 Å². The molecule has 0 radical (unpaired) electrons. The summed E-state index contributed by atoms with van der Waals surface area (Å²) in [5.41, 5.74) is 2.05. The van der Waals surface area contributed by atoms with Crippen molar-refractivity contribution in [3.8, 4) is 0 Å². The van der Waals surface area contributed by atoms with E-state index in [9.17, 15) is 9.59 Å². The minimum atomic E-state index is -0.0874. The lowest BCUT2D eigenvalue weighted by Crippen LogP contribution is -2.23. The molecule has 2 amide bonds. The summed E-state index contributed by atoms with van der Waals surface area (Å²) in [4.78, 5) is 21.7. The average Bonchev–Trinajstić information content (AvgIpc) is 2.34. The van der Waals surface area contributed by atoms with Crippen LogP contribution in [0.15, 0.2) is 24.3 Å². The molecule has 1 aromatic carbocycles. The van der Waals surface area contributed by atoms with Crippen LogP contribution in [0.4, 0.5) is 0 Å². The zero-order chi connectivity index (χ0) is 12.7. The van der Waals surface area contributed by atoms with Gasteiger partial charge in [-0.1, -0.05) is 24.3 Å². The third-order valence-corrected chi connectivity index (χ3v) is 2.48. The minimum Gasteiger partial charge on any atom is -0.352 e. The molecule has 0 atom stereocenters. The Bertz CT molecular complexity index is 390. The van der Waals surface area contributed by atoms with Gasteiger partial charge in [-0.3, -0.25) is 9.59 Å². The number of hydrogen-bond donors (Lipinski definition) is 3. The molecule has 0 saturated heterocycles. The van der Waals surface area contributed by atoms with E-state index < -0.39 is 0 Å². The molecule has 0 aromatic heterocycles. The summed E-state index contributed by atoms with van der Waals surface area (Å²) in [6.45, 7) is 2.51. The molecule has 0 saturated carbocycles. The molecule has 0 aliphatic heterocycles. The number of amides is 2. The number of carbonyl (C=O) groups is 2. The number of nitrogens with one attached hydrogen (secondary N) is 2. The zero-order valence-electron chi connectivity index (χ0n) is 9.69. The molecular weight excluding hydrogens is 236 g/mol. The quantitative estimate of drug-likeness (QED) is 0.681. The van der Waals surface area contributed by atoms with Gasteiger partial charge in [0.05, 0.1) is 5.75 Å². The van der Waals surface area contributed by atoms with Gasteiger partial charge < -0.3 is 10.6 Å². The fourth-order valence-corrected chi connectivity index (χ4v) is 1.37. The van der Waals surface area contributed by atoms with Crippen molar-refractivity contribution in [2.75, 3.05) is 5.75 Å². The molecule has 4 nitrogen and oxygen atoms in total. The summed E-state index contributed by atoms with van der Waals surface area (Å²) in [7, 11) is 0. The topological polar surface area (TPSA) is 58.2 Å². The molecule has 5 heteroatoms.